The molecule has 1 saturated heterocycles. The van der Waals surface area contributed by atoms with E-state index < -0.39 is 46.3 Å². The van der Waals surface area contributed by atoms with Gasteiger partial charge in [0.15, 0.2) is 16.2 Å². The molecule has 0 radical (unpaired) electrons. The van der Waals surface area contributed by atoms with E-state index in [-0.39, 0.29) is 40.5 Å². The molecule has 1 heterocycles. The van der Waals surface area contributed by atoms with Gasteiger partial charge in [-0.15, -0.1) is 0 Å². The standard InChI is InChI=1S/C20H20N2O8S.Na/c1-29-20(13-22(19(20)25)31(26,27)28)21-17(23)16(15-10-6-3-7-11-15)18(24)30-12-14-8-4-2-5-9-14;/h2-11,16H,12-13H2,1H3,(H,21,23)(H,26,27,28);/q;+1/p-1. The molecule has 0 aliphatic carbocycles. The SMILES string of the molecule is COC1(NC(=O)C(C(=O)OCc2ccccc2)c2ccccc2)CN(S(=O)(=O)[O-])C1=O.[Na+]. The Hall–Kier alpha value is -2.28. The number of carbonyl (C=O) groups excluding carboxylic acids is 3. The van der Waals surface area contributed by atoms with Gasteiger partial charge in [0.1, 0.15) is 6.61 Å². The molecule has 10 nitrogen and oxygen atoms in total. The maximum atomic E-state index is 13.0. The molecular weight excluding hydrogens is 451 g/mol. The van der Waals surface area contributed by atoms with E-state index in [0.29, 0.717) is 11.1 Å². The summed E-state index contributed by atoms with van der Waals surface area (Å²) < 4.78 is 43.6. The molecule has 1 N–H and O–H groups in total. The second kappa shape index (κ2) is 10.6. The number of benzene rings is 2. The van der Waals surface area contributed by atoms with Gasteiger partial charge in [-0.1, -0.05) is 60.7 Å². The van der Waals surface area contributed by atoms with Crippen LogP contribution in [0.15, 0.2) is 60.7 Å². The first-order chi connectivity index (χ1) is 14.7. The van der Waals surface area contributed by atoms with E-state index in [1.165, 1.54) is 12.1 Å². The maximum Gasteiger partial charge on any atom is 1.00 e. The Morgan fingerprint density at radius 3 is 2.19 bits per heavy atom. The van der Waals surface area contributed by atoms with E-state index >= 15 is 0 Å². The molecule has 2 aromatic carbocycles. The number of amides is 2. The fraction of sp³-hybridized carbons (Fsp3) is 0.250. The molecule has 12 heteroatoms. The van der Waals surface area contributed by atoms with Crippen LogP contribution in [0, 0.1) is 0 Å². The summed E-state index contributed by atoms with van der Waals surface area (Å²) >= 11 is 0. The van der Waals surface area contributed by atoms with Gasteiger partial charge in [0.2, 0.25) is 11.6 Å². The van der Waals surface area contributed by atoms with Crippen LogP contribution in [0.4, 0.5) is 0 Å². The van der Waals surface area contributed by atoms with Crippen molar-refractivity contribution in [3.63, 3.8) is 0 Å². The molecule has 1 fully saturated rings. The molecule has 0 spiro atoms. The number of carbonyl (C=O) groups is 3. The third-order valence-electron chi connectivity index (χ3n) is 4.74. The van der Waals surface area contributed by atoms with E-state index in [1.54, 1.807) is 48.5 Å². The van der Waals surface area contributed by atoms with Crippen LogP contribution >= 0.6 is 0 Å². The molecule has 3 rings (SSSR count). The Bertz CT molecular complexity index is 1080. The first kappa shape index (κ1) is 26.0. The van der Waals surface area contributed by atoms with Gasteiger partial charge < -0.3 is 19.3 Å². The minimum absolute atomic E-state index is 0. The van der Waals surface area contributed by atoms with Crippen molar-refractivity contribution < 1.29 is 66.4 Å². The van der Waals surface area contributed by atoms with Gasteiger partial charge in [0, 0.05) is 7.11 Å². The van der Waals surface area contributed by atoms with Crippen LogP contribution < -0.4 is 34.9 Å². The molecule has 0 saturated carbocycles. The zero-order valence-electron chi connectivity index (χ0n) is 17.4. The average molecular weight is 470 g/mol. The smallest absolute Gasteiger partial charge is 0.731 e. The van der Waals surface area contributed by atoms with Gasteiger partial charge in [0.25, 0.3) is 5.91 Å². The third kappa shape index (κ3) is 5.55. The number of β-lactam (4-membered cyclic amide) rings is 1. The molecule has 164 valence electrons. The minimum Gasteiger partial charge on any atom is -0.731 e. The molecule has 1 aliphatic heterocycles. The number of nitrogens with zero attached hydrogens (tertiary/aromatic N) is 1. The number of methoxy groups -OCH3 is 1. The number of hydrogen-bond acceptors (Lipinski definition) is 8. The van der Waals surface area contributed by atoms with Crippen molar-refractivity contribution in [3.8, 4) is 0 Å². The Balaban J connectivity index is 0.00000363. The molecule has 32 heavy (non-hydrogen) atoms. The van der Waals surface area contributed by atoms with Crippen molar-refractivity contribution in [2.75, 3.05) is 13.7 Å². The number of ether oxygens (including phenoxy) is 2. The number of nitrogens with one attached hydrogen (secondary N) is 1. The van der Waals surface area contributed by atoms with Crippen LogP contribution in [0.5, 0.6) is 0 Å². The van der Waals surface area contributed by atoms with E-state index in [1.807, 2.05) is 0 Å². The summed E-state index contributed by atoms with van der Waals surface area (Å²) in [6.45, 7) is -0.784. The fourth-order valence-electron chi connectivity index (χ4n) is 3.05. The molecule has 2 atom stereocenters. The maximum absolute atomic E-state index is 13.0. The average Bonchev–Trinajstić information content (AvgIpc) is 2.75. The van der Waals surface area contributed by atoms with Crippen LogP contribution in [0.1, 0.15) is 17.0 Å². The summed E-state index contributed by atoms with van der Waals surface area (Å²) in [6, 6.07) is 16.8. The van der Waals surface area contributed by atoms with Crippen LogP contribution in [0.25, 0.3) is 0 Å². The quantitative estimate of drug-likeness (QED) is 0.110. The molecule has 2 unspecified atom stereocenters. The van der Waals surface area contributed by atoms with Crippen molar-refractivity contribution in [2.45, 2.75) is 18.2 Å². The first-order valence-corrected chi connectivity index (χ1v) is 10.4. The molecule has 2 aromatic rings. The molecule has 0 bridgehead atoms. The van der Waals surface area contributed by atoms with Crippen LogP contribution in [0.2, 0.25) is 0 Å². The van der Waals surface area contributed by atoms with Crippen LogP contribution in [-0.4, -0.2) is 54.4 Å². The molecule has 1 aliphatic rings. The summed E-state index contributed by atoms with van der Waals surface area (Å²) in [4.78, 5) is 38.0. The monoisotopic (exact) mass is 470 g/mol. The zero-order valence-corrected chi connectivity index (χ0v) is 20.2. The number of hydrogen-bond donors (Lipinski definition) is 1. The second-order valence-corrected chi connectivity index (χ2v) is 8.02. The van der Waals surface area contributed by atoms with Crippen molar-refractivity contribution in [3.05, 3.63) is 71.8 Å². The minimum atomic E-state index is -5.05. The van der Waals surface area contributed by atoms with Gasteiger partial charge >= 0.3 is 35.5 Å². The topological polar surface area (TPSA) is 142 Å². The number of esters is 1. The summed E-state index contributed by atoms with van der Waals surface area (Å²) in [5.74, 6) is -4.52. The van der Waals surface area contributed by atoms with Crippen molar-refractivity contribution >= 4 is 28.1 Å². The molecular formula is C20H19N2NaO8S. The summed E-state index contributed by atoms with van der Waals surface area (Å²) in [5, 5.41) is 2.25. The summed E-state index contributed by atoms with van der Waals surface area (Å²) in [6.07, 6.45) is 0. The van der Waals surface area contributed by atoms with Crippen molar-refractivity contribution in [2.24, 2.45) is 0 Å². The van der Waals surface area contributed by atoms with Gasteiger partial charge in [-0.05, 0) is 11.1 Å². The fourth-order valence-corrected chi connectivity index (χ4v) is 3.74. The van der Waals surface area contributed by atoms with Gasteiger partial charge in [-0.3, -0.25) is 14.4 Å². The third-order valence-corrected chi connectivity index (χ3v) is 5.57. The molecule has 2 amide bonds. The van der Waals surface area contributed by atoms with E-state index in [2.05, 4.69) is 5.32 Å². The molecule has 0 aromatic heterocycles. The van der Waals surface area contributed by atoms with E-state index in [4.69, 9.17) is 9.47 Å². The largest absolute Gasteiger partial charge is 1.00 e. The Kier molecular flexibility index (Phi) is 8.57. The first-order valence-electron chi connectivity index (χ1n) is 9.08. The predicted octanol–water partition coefficient (Wildman–Crippen LogP) is -2.72. The second-order valence-electron chi connectivity index (χ2n) is 6.73. The van der Waals surface area contributed by atoms with Crippen LogP contribution in [0.3, 0.4) is 0 Å². The summed E-state index contributed by atoms with van der Waals surface area (Å²) in [7, 11) is -3.98. The van der Waals surface area contributed by atoms with Crippen LogP contribution in [-0.2, 0) is 40.8 Å². The normalized spacial score (nSPS) is 18.7. The van der Waals surface area contributed by atoms with Gasteiger partial charge in [-0.2, -0.15) is 0 Å². The van der Waals surface area contributed by atoms with E-state index in [0.717, 1.165) is 7.11 Å². The van der Waals surface area contributed by atoms with E-state index in [9.17, 15) is 27.4 Å². The Labute approximate surface area is 207 Å². The van der Waals surface area contributed by atoms with Gasteiger partial charge in [-0.25, -0.2) is 12.7 Å². The van der Waals surface area contributed by atoms with Crippen molar-refractivity contribution in [1.29, 1.82) is 0 Å². The Morgan fingerprint density at radius 2 is 1.69 bits per heavy atom. The number of rotatable bonds is 8. The Morgan fingerprint density at radius 1 is 1.12 bits per heavy atom. The predicted molar refractivity (Wildman–Crippen MR) is 105 cm³/mol. The van der Waals surface area contributed by atoms with Crippen molar-refractivity contribution in [1.82, 2.24) is 9.62 Å². The summed E-state index contributed by atoms with van der Waals surface area (Å²) in [5.41, 5.74) is -1.06. The van der Waals surface area contributed by atoms with Gasteiger partial charge in [0.05, 0.1) is 6.54 Å². The zero-order chi connectivity index (χ0) is 22.6.